The Hall–Kier alpha value is -6.11. The van der Waals surface area contributed by atoms with Gasteiger partial charge >= 0.3 is 0 Å². The lowest BCUT2D eigenvalue weighted by Crippen LogP contribution is -2.39. The number of hydrogen-bond donors (Lipinski definition) is 4. The molecular weight excluding hydrogens is 1560 g/mol. The minimum atomic E-state index is -0.831. The van der Waals surface area contributed by atoms with Gasteiger partial charge in [-0.05, 0) is 230 Å². The molecule has 17 heteroatoms. The first-order valence-electron chi connectivity index (χ1n) is 33.2. The molecule has 0 aliphatic carbocycles. The number of nitrogens with zero attached hydrogens (tertiary/aromatic N) is 4. The van der Waals surface area contributed by atoms with Gasteiger partial charge in [0.05, 0.1) is 24.9 Å². The van der Waals surface area contributed by atoms with Crippen molar-refractivity contribution in [1.29, 1.82) is 0 Å². The number of carbonyl (C=O) groups excluding carboxylic acids is 1. The quantitative estimate of drug-likeness (QED) is 0.0187. The van der Waals surface area contributed by atoms with Crippen molar-refractivity contribution < 1.29 is 17.2 Å². The lowest BCUT2D eigenvalue weighted by atomic mass is 9.78. The molecule has 0 saturated carbocycles. The van der Waals surface area contributed by atoms with Crippen LogP contribution in [0.3, 0.4) is 0 Å². The maximum atomic E-state index is 12.4. The van der Waals surface area contributed by atoms with Gasteiger partial charge in [0.25, 0.3) is 0 Å². The Bertz CT molecular complexity index is 4130. The Morgan fingerprint density at radius 3 is 1.34 bits per heavy atom. The second kappa shape index (κ2) is 34.4. The fourth-order valence-corrected chi connectivity index (χ4v) is 14.5. The van der Waals surface area contributed by atoms with E-state index in [0.717, 1.165) is 87.6 Å². The molecule has 4 atom stereocenters. The van der Waals surface area contributed by atoms with Crippen molar-refractivity contribution in [3.63, 3.8) is 0 Å². The molecule has 0 bridgehead atoms. The summed E-state index contributed by atoms with van der Waals surface area (Å²) in [5.41, 5.74) is 18.2. The number of aromatic amines is 4. The molecule has 500 valence electrons. The third-order valence-electron chi connectivity index (χ3n) is 18.0. The van der Waals surface area contributed by atoms with Crippen LogP contribution in [0.2, 0.25) is 0 Å². The zero-order valence-corrected chi connectivity index (χ0v) is 64.8. The minimum absolute atomic E-state index is 0.00579. The van der Waals surface area contributed by atoms with Crippen LogP contribution in [0, 0.1) is 70.5 Å². The van der Waals surface area contributed by atoms with Gasteiger partial charge in [0.1, 0.15) is 5.78 Å². The van der Waals surface area contributed by atoms with E-state index in [0.29, 0.717) is 12.1 Å². The Balaban J connectivity index is 0.000000178. The molecule has 4 unspecified atom stereocenters. The van der Waals surface area contributed by atoms with Crippen molar-refractivity contribution >= 4 is 114 Å². The van der Waals surface area contributed by atoms with Crippen LogP contribution in [-0.4, -0.2) is 89.1 Å². The van der Waals surface area contributed by atoms with Crippen LogP contribution in [0.1, 0.15) is 140 Å². The average Bonchev–Trinajstić information content (AvgIpc) is 1.69. The number of rotatable bonds is 16. The molecule has 12 nitrogen and oxygen atoms in total. The lowest BCUT2D eigenvalue weighted by molar-refractivity contribution is -0.540. The summed E-state index contributed by atoms with van der Waals surface area (Å²) in [5, 5.41) is 29.2. The first-order valence-corrected chi connectivity index (χ1v) is 37.0. The first kappa shape index (κ1) is 73.1. The summed E-state index contributed by atoms with van der Waals surface area (Å²) in [6, 6.07) is 41.8. The van der Waals surface area contributed by atoms with Gasteiger partial charge in [-0.15, -0.1) is 6.42 Å². The molecule has 0 radical (unpaired) electrons. The van der Waals surface area contributed by atoms with Crippen molar-refractivity contribution in [1.82, 2.24) is 19.9 Å². The van der Waals surface area contributed by atoms with E-state index in [4.69, 9.17) is 19.1 Å². The highest BCUT2D eigenvalue weighted by Crippen LogP contribution is 2.41. The molecule has 0 amide bonds. The lowest BCUT2D eigenvalue weighted by Gasteiger charge is -2.27. The van der Waals surface area contributed by atoms with Crippen molar-refractivity contribution in [2.75, 3.05) is 12.5 Å². The number of terminal acetylenes is 1. The molecule has 0 spiro atoms. The Kier molecular flexibility index (Phi) is 26.5. The molecule has 3 aliphatic heterocycles. The number of thioether (sulfide) groups is 2. The fourth-order valence-electron chi connectivity index (χ4n) is 13.2. The smallest absolute Gasteiger partial charge is 0.224 e. The van der Waals surface area contributed by atoms with Crippen LogP contribution in [0.4, 0.5) is 0 Å². The van der Waals surface area contributed by atoms with Crippen LogP contribution < -0.4 is 0 Å². The van der Waals surface area contributed by atoms with Crippen LogP contribution in [0.15, 0.2) is 156 Å². The van der Waals surface area contributed by atoms with E-state index in [1.165, 1.54) is 86.8 Å². The number of nitrogens with one attached hydrogen (secondary N) is 4. The number of halogens is 3. The van der Waals surface area contributed by atoms with E-state index in [2.05, 4.69) is 238 Å². The molecule has 4 aromatic carbocycles. The van der Waals surface area contributed by atoms with Gasteiger partial charge in [-0.1, -0.05) is 133 Å². The van der Waals surface area contributed by atoms with E-state index >= 15 is 0 Å². The molecule has 0 saturated heterocycles. The van der Waals surface area contributed by atoms with Crippen molar-refractivity contribution in [3.05, 3.63) is 200 Å². The van der Waals surface area contributed by atoms with Gasteiger partial charge in [0.2, 0.25) is 6.04 Å². The number of aromatic nitrogens is 4. The van der Waals surface area contributed by atoms with E-state index in [1.807, 2.05) is 68.0 Å². The highest BCUT2D eigenvalue weighted by atomic mass is 127. The number of ketones is 1. The summed E-state index contributed by atoms with van der Waals surface area (Å²) in [6.45, 7) is 24.9. The molecule has 0 fully saturated rings. The van der Waals surface area contributed by atoms with Crippen molar-refractivity contribution in [2.45, 2.75) is 159 Å². The number of hydroxylamine groups is 1. The molecule has 8 aromatic rings. The Morgan fingerprint density at radius 2 is 1.01 bits per heavy atom. The number of aliphatic imine (C=N–C) groups is 2. The molecule has 3 aliphatic rings. The van der Waals surface area contributed by atoms with Gasteiger partial charge in [-0.2, -0.15) is 0 Å². The molecule has 11 rings (SSSR count). The summed E-state index contributed by atoms with van der Waals surface area (Å²) < 4.78 is 18.4. The highest BCUT2D eigenvalue weighted by molar-refractivity contribution is 14.1. The fraction of sp³-hybridized carbons (Fsp3) is 0.385. The van der Waals surface area contributed by atoms with Crippen LogP contribution in [0.25, 0.3) is 44.5 Å². The zero-order valence-electron chi connectivity index (χ0n) is 58.7. The average molecular weight is 1650 g/mol. The maximum absolute atomic E-state index is 12.4. The summed E-state index contributed by atoms with van der Waals surface area (Å²) in [7, 11) is 0. The number of H-pyrrole nitrogens is 4. The summed E-state index contributed by atoms with van der Waals surface area (Å²) in [4.78, 5) is 45.9. The normalized spacial score (nSPS) is 17.8. The molecule has 7 heterocycles. The second-order valence-electron chi connectivity index (χ2n) is 27.5. The maximum Gasteiger partial charge on any atom is 0.224 e. The third-order valence-corrected chi connectivity index (χ3v) is 20.6. The third kappa shape index (κ3) is 21.2. The zero-order chi connectivity index (χ0) is 70.8. The minimum Gasteiger partial charge on any atom is -0.624 e. The number of carbonyl (C=O) groups is 1. The van der Waals surface area contributed by atoms with E-state index in [9.17, 15) is 20.1 Å². The predicted octanol–water partition coefficient (Wildman–Crippen LogP) is 20.3. The van der Waals surface area contributed by atoms with E-state index in [-0.39, 0.29) is 58.3 Å². The Labute approximate surface area is 616 Å². The SMILES string of the molecule is CC(=O)CC(C)(C)C(Cc1[nH]ccc1-c1ccc(I)cc1)[N+](=O)[O-].CC1=NC(Cc2[nH]ccc2-c2ccc(I)cc2)C(C)(C)C1.CC1=[N+]([O-])C(Cc2[nH]ccc2-c2ccc(I)cc2)C(C)(C)C1.[3H]CSC#C.[3H]CSC#Cc1ccc(-c2cc[nH]c2CC2N=C(C)CC2(C)C)cc1. The van der Waals surface area contributed by atoms with Crippen LogP contribution >= 0.6 is 91.3 Å². The standard InChI is InChI=1S/C21H24N2S.C18H21IN2O3.C18H21IN2O.C18H21IN2.C3H4S/c1-15-14-21(2,3)20(23-15)13-19-18(9-11-22-19)17-7-5-16(6-8-17)10-12-24-4;1-12(22)11-18(2,3)17(21(23)24)10-16-15(8-9-20-16)13-4-6-14(19)7-5-13;1-12-11-18(2,3)17(21(12)22)10-16-15(8-9-20-16)13-4-6-14(19)7-5-13;1-12-11-18(2,3)17(21-12)10-16-15(8-9-20-16)13-4-6-14(19)7-5-13;1-3-4-2/h5-9,11,20,22H,13-14H2,1-4H3;4-9,17,20H,10-11H2,1-3H3;4-9,17,20H,10-11H2,1-3H3;4-9,17,20H,10-11H2,1-3H3;1H,2H3/i4T;;;;2T. The summed E-state index contributed by atoms with van der Waals surface area (Å²) in [5.74, 6) is 3.04. The highest BCUT2D eigenvalue weighted by Gasteiger charge is 2.45. The summed E-state index contributed by atoms with van der Waals surface area (Å²) >= 11 is 9.37. The van der Waals surface area contributed by atoms with Gasteiger partial charge in [0.15, 0.2) is 11.8 Å². The second-order valence-corrected chi connectivity index (χ2v) is 32.3. The molecule has 95 heavy (non-hydrogen) atoms. The largest absolute Gasteiger partial charge is 0.624 e. The van der Waals surface area contributed by atoms with E-state index in [1.54, 1.807) is 20.0 Å². The van der Waals surface area contributed by atoms with Gasteiger partial charge in [-0.25, -0.2) is 4.74 Å². The number of nitro groups is 1. The van der Waals surface area contributed by atoms with Crippen molar-refractivity contribution in [3.8, 4) is 67.4 Å². The molecular formula is C78H91I3N8O4S2. The molecule has 4 aromatic heterocycles. The van der Waals surface area contributed by atoms with Crippen LogP contribution in [0.5, 0.6) is 0 Å². The number of hydrogen-bond acceptors (Lipinski definition) is 8. The topological polar surface area (TPSA) is 174 Å². The number of Topliss-reactive ketones (excluding diaryl/α,β-unsaturated/α-hetero) is 1. The molecule has 4 N–H and O–H groups in total. The van der Waals surface area contributed by atoms with Crippen LogP contribution in [-0.2, 0) is 30.5 Å². The summed E-state index contributed by atoms with van der Waals surface area (Å²) in [6.07, 6.45) is 19.3. The predicted molar refractivity (Wildman–Crippen MR) is 428 cm³/mol. The monoisotopic (exact) mass is 1650 g/mol. The van der Waals surface area contributed by atoms with Crippen molar-refractivity contribution in [2.24, 2.45) is 31.6 Å². The van der Waals surface area contributed by atoms with Gasteiger partial charge in [0, 0.05) is 149 Å². The van der Waals surface area contributed by atoms with Gasteiger partial charge < -0.3 is 29.9 Å². The van der Waals surface area contributed by atoms with Gasteiger partial charge in [-0.3, -0.25) is 20.1 Å². The first-order chi connectivity index (χ1) is 45.9. The van der Waals surface area contributed by atoms with E-state index < -0.39 is 11.5 Å². The Morgan fingerprint density at radius 1 is 0.632 bits per heavy atom. The number of benzene rings is 4.